The summed E-state index contributed by atoms with van der Waals surface area (Å²) < 4.78 is 16.0. The summed E-state index contributed by atoms with van der Waals surface area (Å²) in [6.07, 6.45) is 1.19. The Balaban J connectivity index is 2.10. The van der Waals surface area contributed by atoms with Crippen molar-refractivity contribution in [3.05, 3.63) is 0 Å². The van der Waals surface area contributed by atoms with E-state index in [0.717, 1.165) is 12.8 Å². The summed E-state index contributed by atoms with van der Waals surface area (Å²) in [5.74, 6) is -0.477. The van der Waals surface area contributed by atoms with Gasteiger partial charge < -0.3 is 19.5 Å². The van der Waals surface area contributed by atoms with Gasteiger partial charge in [-0.05, 0) is 34.1 Å². The van der Waals surface area contributed by atoms with Crippen LogP contribution in [-0.2, 0) is 14.2 Å². The number of hydrogen-bond acceptors (Lipinski definition) is 4. The van der Waals surface area contributed by atoms with E-state index in [2.05, 4.69) is 5.32 Å². The molecule has 0 spiro atoms. The number of carbonyl (C=O) groups excluding carboxylic acids is 1. The Labute approximate surface area is 103 Å². The highest BCUT2D eigenvalue weighted by atomic mass is 16.7. The summed E-state index contributed by atoms with van der Waals surface area (Å²) in [4.78, 5) is 11.3. The predicted octanol–water partition coefficient (Wildman–Crippen LogP) is 2.05. The van der Waals surface area contributed by atoms with E-state index < -0.39 is 11.4 Å². The molecule has 0 aromatic heterocycles. The third-order valence-corrected chi connectivity index (χ3v) is 2.37. The third-order valence-electron chi connectivity index (χ3n) is 2.37. The lowest BCUT2D eigenvalue weighted by atomic mass is 10.1. The fourth-order valence-electron chi connectivity index (χ4n) is 1.62. The molecule has 17 heavy (non-hydrogen) atoms. The van der Waals surface area contributed by atoms with E-state index in [0.29, 0.717) is 19.8 Å². The molecule has 0 radical (unpaired) electrons. The molecule has 0 unspecified atom stereocenters. The Morgan fingerprint density at radius 2 is 1.94 bits per heavy atom. The van der Waals surface area contributed by atoms with Gasteiger partial charge in [-0.15, -0.1) is 0 Å². The van der Waals surface area contributed by atoms with Gasteiger partial charge in [-0.3, -0.25) is 0 Å². The van der Waals surface area contributed by atoms with Crippen LogP contribution >= 0.6 is 0 Å². The Morgan fingerprint density at radius 1 is 1.35 bits per heavy atom. The second-order valence-corrected chi connectivity index (χ2v) is 5.36. The van der Waals surface area contributed by atoms with Crippen LogP contribution in [0.3, 0.4) is 0 Å². The van der Waals surface area contributed by atoms with Gasteiger partial charge in [0.15, 0.2) is 5.79 Å². The smallest absolute Gasteiger partial charge is 0.407 e. The van der Waals surface area contributed by atoms with Crippen LogP contribution in [0.25, 0.3) is 0 Å². The van der Waals surface area contributed by atoms with E-state index in [1.165, 1.54) is 0 Å². The average Bonchev–Trinajstić information content (AvgIpc) is 2.58. The summed E-state index contributed by atoms with van der Waals surface area (Å²) in [5.41, 5.74) is -0.451. The summed E-state index contributed by atoms with van der Waals surface area (Å²) in [5, 5.41) is 2.71. The highest BCUT2D eigenvalue weighted by molar-refractivity contribution is 5.67. The fraction of sp³-hybridized carbons (Fsp3) is 0.917. The molecule has 0 aromatic carbocycles. The van der Waals surface area contributed by atoms with Crippen LogP contribution in [-0.4, -0.2) is 37.2 Å². The van der Waals surface area contributed by atoms with Crippen LogP contribution in [0, 0.1) is 0 Å². The van der Waals surface area contributed by atoms with E-state index in [9.17, 15) is 4.79 Å². The number of hydrogen-bond donors (Lipinski definition) is 1. The molecule has 1 N–H and O–H groups in total. The Kier molecular flexibility index (Phi) is 4.77. The standard InChI is InChI=1S/C12H23NO4/c1-11(2,3)17-10(14)13-7-5-6-12(4)15-8-9-16-12/h5-9H2,1-4H3,(H,13,14). The van der Waals surface area contributed by atoms with Gasteiger partial charge in [0.1, 0.15) is 5.60 Å². The molecule has 0 atom stereocenters. The highest BCUT2D eigenvalue weighted by Crippen LogP contribution is 2.23. The zero-order valence-electron chi connectivity index (χ0n) is 11.2. The number of rotatable bonds is 4. The molecule has 1 amide bonds. The average molecular weight is 245 g/mol. The van der Waals surface area contributed by atoms with Gasteiger partial charge in [-0.1, -0.05) is 0 Å². The molecule has 1 fully saturated rings. The van der Waals surface area contributed by atoms with E-state index >= 15 is 0 Å². The summed E-state index contributed by atoms with van der Waals surface area (Å²) >= 11 is 0. The largest absolute Gasteiger partial charge is 0.444 e. The highest BCUT2D eigenvalue weighted by Gasteiger charge is 2.30. The van der Waals surface area contributed by atoms with Crippen molar-refractivity contribution >= 4 is 6.09 Å². The van der Waals surface area contributed by atoms with Crippen LogP contribution in [0.15, 0.2) is 0 Å². The first-order valence-corrected chi connectivity index (χ1v) is 6.06. The van der Waals surface area contributed by atoms with Crippen LogP contribution in [0.1, 0.15) is 40.5 Å². The van der Waals surface area contributed by atoms with E-state index in [-0.39, 0.29) is 6.09 Å². The van der Waals surface area contributed by atoms with Gasteiger partial charge in [-0.2, -0.15) is 0 Å². The lowest BCUT2D eigenvalue weighted by Gasteiger charge is -2.22. The molecule has 0 aromatic rings. The molecule has 0 saturated carbocycles. The van der Waals surface area contributed by atoms with E-state index in [1.807, 2.05) is 27.7 Å². The summed E-state index contributed by atoms with van der Waals surface area (Å²) in [6.45, 7) is 9.31. The van der Waals surface area contributed by atoms with Crippen molar-refractivity contribution in [2.45, 2.75) is 51.9 Å². The summed E-state index contributed by atoms with van der Waals surface area (Å²) in [7, 11) is 0. The van der Waals surface area contributed by atoms with E-state index in [4.69, 9.17) is 14.2 Å². The molecule has 5 heteroatoms. The minimum Gasteiger partial charge on any atom is -0.444 e. The minimum atomic E-state index is -0.477. The van der Waals surface area contributed by atoms with Crippen molar-refractivity contribution in [1.29, 1.82) is 0 Å². The van der Waals surface area contributed by atoms with Crippen LogP contribution in [0.5, 0.6) is 0 Å². The molecule has 1 heterocycles. The van der Waals surface area contributed by atoms with Crippen molar-refractivity contribution in [2.24, 2.45) is 0 Å². The topological polar surface area (TPSA) is 56.8 Å². The van der Waals surface area contributed by atoms with Crippen LogP contribution < -0.4 is 5.32 Å². The Hall–Kier alpha value is -0.810. The second kappa shape index (κ2) is 5.69. The number of nitrogens with one attached hydrogen (secondary N) is 1. The van der Waals surface area contributed by atoms with Crippen LogP contribution in [0.2, 0.25) is 0 Å². The zero-order valence-corrected chi connectivity index (χ0v) is 11.2. The molecule has 0 aliphatic carbocycles. The molecule has 100 valence electrons. The maximum Gasteiger partial charge on any atom is 0.407 e. The van der Waals surface area contributed by atoms with E-state index in [1.54, 1.807) is 0 Å². The first-order valence-electron chi connectivity index (χ1n) is 6.06. The number of ether oxygens (including phenoxy) is 3. The fourth-order valence-corrected chi connectivity index (χ4v) is 1.62. The van der Waals surface area contributed by atoms with Crippen molar-refractivity contribution in [1.82, 2.24) is 5.32 Å². The van der Waals surface area contributed by atoms with Gasteiger partial charge in [0.25, 0.3) is 0 Å². The summed E-state index contributed by atoms with van der Waals surface area (Å²) in [6, 6.07) is 0. The SMILES string of the molecule is CC(C)(C)OC(=O)NCCCC1(C)OCCO1. The first kappa shape index (κ1) is 14.3. The molecule has 1 aliphatic heterocycles. The third kappa shape index (κ3) is 5.89. The molecule has 1 aliphatic rings. The van der Waals surface area contributed by atoms with Crippen molar-refractivity contribution in [2.75, 3.05) is 19.8 Å². The van der Waals surface area contributed by atoms with Gasteiger partial charge in [-0.25, -0.2) is 4.79 Å². The number of alkyl carbamates (subject to hydrolysis) is 1. The van der Waals surface area contributed by atoms with Crippen LogP contribution in [0.4, 0.5) is 4.79 Å². The number of carbonyl (C=O) groups is 1. The first-order chi connectivity index (χ1) is 7.81. The monoisotopic (exact) mass is 245 g/mol. The Morgan fingerprint density at radius 3 is 2.47 bits per heavy atom. The quantitative estimate of drug-likeness (QED) is 0.770. The lowest BCUT2D eigenvalue weighted by molar-refractivity contribution is -0.147. The molecule has 5 nitrogen and oxygen atoms in total. The molecule has 1 rings (SSSR count). The maximum atomic E-state index is 11.3. The molecule has 1 saturated heterocycles. The Bertz CT molecular complexity index is 254. The lowest BCUT2D eigenvalue weighted by Crippen LogP contribution is -2.34. The van der Waals surface area contributed by atoms with Crippen molar-refractivity contribution in [3.8, 4) is 0 Å². The second-order valence-electron chi connectivity index (χ2n) is 5.36. The number of amides is 1. The van der Waals surface area contributed by atoms with Gasteiger partial charge >= 0.3 is 6.09 Å². The van der Waals surface area contributed by atoms with Gasteiger partial charge in [0.2, 0.25) is 0 Å². The maximum absolute atomic E-state index is 11.3. The molecule has 0 bridgehead atoms. The van der Waals surface area contributed by atoms with Gasteiger partial charge in [0.05, 0.1) is 13.2 Å². The van der Waals surface area contributed by atoms with Gasteiger partial charge in [0, 0.05) is 13.0 Å². The molecular formula is C12H23NO4. The van der Waals surface area contributed by atoms with Crippen molar-refractivity contribution in [3.63, 3.8) is 0 Å². The normalized spacial score (nSPS) is 19.1. The minimum absolute atomic E-state index is 0.379. The zero-order chi connectivity index (χ0) is 12.9. The van der Waals surface area contributed by atoms with Crippen molar-refractivity contribution < 1.29 is 19.0 Å². The molecular weight excluding hydrogens is 222 g/mol. The predicted molar refractivity (Wildman–Crippen MR) is 63.8 cm³/mol.